The molecule has 0 bridgehead atoms. The Bertz CT molecular complexity index is 1120. The fourth-order valence-electron chi connectivity index (χ4n) is 5.80. The quantitative estimate of drug-likeness (QED) is 0.524. The van der Waals surface area contributed by atoms with Crippen LogP contribution in [0.5, 0.6) is 0 Å². The van der Waals surface area contributed by atoms with E-state index in [9.17, 15) is 18.7 Å². The zero-order valence-electron chi connectivity index (χ0n) is 21.8. The molecular formula is C29H37ClF2N2O2. The Morgan fingerprint density at radius 3 is 2.33 bits per heavy atom. The van der Waals surface area contributed by atoms with Crippen molar-refractivity contribution in [3.05, 3.63) is 69.2 Å². The number of nitrogens with zero attached hydrogens (tertiary/aromatic N) is 2. The molecule has 2 aliphatic rings. The van der Waals surface area contributed by atoms with Crippen LogP contribution in [0.3, 0.4) is 0 Å². The summed E-state index contributed by atoms with van der Waals surface area (Å²) in [5.41, 5.74) is 3.17. The average molecular weight is 519 g/mol. The highest BCUT2D eigenvalue weighted by Crippen LogP contribution is 2.40. The molecular weight excluding hydrogens is 482 g/mol. The summed E-state index contributed by atoms with van der Waals surface area (Å²) < 4.78 is 28.4. The Kier molecular flexibility index (Phi) is 7.80. The van der Waals surface area contributed by atoms with Crippen molar-refractivity contribution in [1.29, 1.82) is 0 Å². The second-order valence-electron chi connectivity index (χ2n) is 11.5. The van der Waals surface area contributed by atoms with E-state index in [1.54, 1.807) is 6.92 Å². The topological polar surface area (TPSA) is 43.8 Å². The molecule has 4 rings (SSSR count). The molecule has 1 N–H and O–H groups in total. The Morgan fingerprint density at radius 1 is 1.08 bits per heavy atom. The molecule has 1 amide bonds. The van der Waals surface area contributed by atoms with Crippen molar-refractivity contribution in [3.8, 4) is 0 Å². The van der Waals surface area contributed by atoms with E-state index in [-0.39, 0.29) is 29.2 Å². The zero-order valence-corrected chi connectivity index (χ0v) is 22.6. The van der Waals surface area contributed by atoms with Gasteiger partial charge < -0.3 is 10.0 Å². The minimum atomic E-state index is -0.619. The summed E-state index contributed by atoms with van der Waals surface area (Å²) >= 11 is 6.32. The summed E-state index contributed by atoms with van der Waals surface area (Å²) in [5, 5.41) is 11.0. The van der Waals surface area contributed by atoms with Gasteiger partial charge in [-0.2, -0.15) is 0 Å². The van der Waals surface area contributed by atoms with E-state index >= 15 is 0 Å². The van der Waals surface area contributed by atoms with Crippen LogP contribution in [0, 0.1) is 24.5 Å². The molecule has 2 aromatic rings. The van der Waals surface area contributed by atoms with Gasteiger partial charge in [0.15, 0.2) is 0 Å². The predicted octanol–water partition coefficient (Wildman–Crippen LogP) is 6.20. The van der Waals surface area contributed by atoms with Crippen molar-refractivity contribution in [3.63, 3.8) is 0 Å². The first-order chi connectivity index (χ1) is 16.9. The van der Waals surface area contributed by atoms with Crippen LogP contribution in [0.2, 0.25) is 5.02 Å². The van der Waals surface area contributed by atoms with E-state index in [0.717, 1.165) is 35.6 Å². The van der Waals surface area contributed by atoms with Gasteiger partial charge in [0.2, 0.25) is 5.91 Å². The van der Waals surface area contributed by atoms with Crippen LogP contribution < -0.4 is 0 Å². The number of carbonyl (C=O) groups is 1. The lowest BCUT2D eigenvalue weighted by atomic mass is 9.83. The number of benzene rings is 2. The molecule has 2 aliphatic heterocycles. The number of carbonyl (C=O) groups excluding carboxylic acids is 1. The molecule has 7 heteroatoms. The summed E-state index contributed by atoms with van der Waals surface area (Å²) in [5.74, 6) is -1.63. The number of hydrogen-bond donors (Lipinski definition) is 1. The molecule has 0 radical (unpaired) electrons. The van der Waals surface area contributed by atoms with Crippen molar-refractivity contribution in [1.82, 2.24) is 9.80 Å². The van der Waals surface area contributed by atoms with Crippen LogP contribution in [-0.4, -0.2) is 52.5 Å². The van der Waals surface area contributed by atoms with E-state index in [2.05, 4.69) is 31.7 Å². The van der Waals surface area contributed by atoms with Crippen molar-refractivity contribution in [2.24, 2.45) is 5.92 Å². The molecule has 0 aliphatic carbocycles. The summed E-state index contributed by atoms with van der Waals surface area (Å²) in [6.07, 6.45) is 0.960. The van der Waals surface area contributed by atoms with Gasteiger partial charge in [-0.1, -0.05) is 23.7 Å². The Labute approximate surface area is 218 Å². The predicted molar refractivity (Wildman–Crippen MR) is 139 cm³/mol. The monoisotopic (exact) mass is 518 g/mol. The number of amides is 1. The highest BCUT2D eigenvalue weighted by atomic mass is 35.5. The van der Waals surface area contributed by atoms with Gasteiger partial charge in [-0.25, -0.2) is 8.78 Å². The summed E-state index contributed by atoms with van der Waals surface area (Å²) in [4.78, 5) is 17.9. The normalized spacial score (nSPS) is 22.8. The summed E-state index contributed by atoms with van der Waals surface area (Å²) in [6, 6.07) is 7.61. The number of piperidine rings is 1. The maximum absolute atomic E-state index is 14.8. The third-order valence-corrected chi connectivity index (χ3v) is 8.42. The number of aliphatic hydroxyl groups excluding tert-OH is 1. The minimum Gasteiger partial charge on any atom is -0.389 e. The fourth-order valence-corrected chi connectivity index (χ4v) is 5.97. The second kappa shape index (κ2) is 10.4. The van der Waals surface area contributed by atoms with Gasteiger partial charge in [-0.05, 0) is 87.8 Å². The largest absolute Gasteiger partial charge is 0.389 e. The van der Waals surface area contributed by atoms with Gasteiger partial charge >= 0.3 is 0 Å². The molecule has 0 spiro atoms. The third-order valence-electron chi connectivity index (χ3n) is 8.01. The molecule has 2 aromatic carbocycles. The lowest BCUT2D eigenvalue weighted by Gasteiger charge is -2.36. The second-order valence-corrected chi connectivity index (χ2v) is 11.9. The minimum absolute atomic E-state index is 0.0389. The molecule has 0 aromatic heterocycles. The van der Waals surface area contributed by atoms with Gasteiger partial charge in [0, 0.05) is 48.7 Å². The van der Waals surface area contributed by atoms with Crippen molar-refractivity contribution >= 4 is 17.5 Å². The summed E-state index contributed by atoms with van der Waals surface area (Å²) in [7, 11) is 0. The first-order valence-corrected chi connectivity index (χ1v) is 13.2. The first-order valence-electron chi connectivity index (χ1n) is 12.8. The number of halogens is 3. The lowest BCUT2D eigenvalue weighted by Crippen LogP contribution is -2.44. The van der Waals surface area contributed by atoms with Gasteiger partial charge in [-0.3, -0.25) is 9.69 Å². The average Bonchev–Trinajstić information content (AvgIpc) is 3.26. The maximum Gasteiger partial charge on any atom is 0.227 e. The summed E-state index contributed by atoms with van der Waals surface area (Å²) in [6.45, 7) is 12.3. The highest BCUT2D eigenvalue weighted by molar-refractivity contribution is 6.31. The molecule has 1 unspecified atom stereocenters. The molecule has 196 valence electrons. The number of rotatable bonds is 4. The van der Waals surface area contributed by atoms with Crippen LogP contribution in [0.4, 0.5) is 8.78 Å². The number of hydrogen-bond acceptors (Lipinski definition) is 3. The van der Waals surface area contributed by atoms with E-state index < -0.39 is 17.7 Å². The zero-order chi connectivity index (χ0) is 26.4. The number of likely N-dealkylation sites (tertiary alicyclic amines) is 2. The van der Waals surface area contributed by atoms with E-state index in [4.69, 9.17) is 11.6 Å². The molecule has 2 heterocycles. The molecule has 2 fully saturated rings. The molecule has 0 saturated carbocycles. The molecule has 36 heavy (non-hydrogen) atoms. The Morgan fingerprint density at radius 2 is 1.75 bits per heavy atom. The Balaban J connectivity index is 1.53. The number of aliphatic hydroxyl groups is 1. The maximum atomic E-state index is 14.8. The highest BCUT2D eigenvalue weighted by Gasteiger charge is 2.44. The molecule has 4 nitrogen and oxygen atoms in total. The smallest absolute Gasteiger partial charge is 0.227 e. The number of aryl methyl sites for hydroxylation is 1. The molecule has 3 atom stereocenters. The van der Waals surface area contributed by atoms with E-state index in [1.807, 2.05) is 17.9 Å². The van der Waals surface area contributed by atoms with Crippen molar-refractivity contribution in [2.45, 2.75) is 70.9 Å². The van der Waals surface area contributed by atoms with Crippen molar-refractivity contribution in [2.75, 3.05) is 26.2 Å². The van der Waals surface area contributed by atoms with Crippen LogP contribution >= 0.6 is 11.6 Å². The van der Waals surface area contributed by atoms with Crippen LogP contribution in [0.15, 0.2) is 30.3 Å². The van der Waals surface area contributed by atoms with Crippen LogP contribution in [0.1, 0.15) is 80.7 Å². The molecule has 2 saturated heterocycles. The first kappa shape index (κ1) is 27.0. The van der Waals surface area contributed by atoms with E-state index in [0.29, 0.717) is 36.8 Å². The fraction of sp³-hybridized carbons (Fsp3) is 0.552. The standard InChI is InChI=1S/C29H37ClF2N2O2/c1-17-12-23(22(18(2)35)14-26(17)30)19-8-10-33(11-9-19)28(36)25-16-34(29(3,4)5)15-24(25)21-7-6-20(31)13-27(21)32/h6-7,12-14,18-19,24-25,35H,8-11,15-16H2,1-5H3/t18-,24-,25?/m0/s1. The van der Waals surface area contributed by atoms with Gasteiger partial charge in [0.1, 0.15) is 11.6 Å². The van der Waals surface area contributed by atoms with Gasteiger partial charge in [0.05, 0.1) is 12.0 Å². The van der Waals surface area contributed by atoms with E-state index in [1.165, 1.54) is 12.1 Å². The van der Waals surface area contributed by atoms with Gasteiger partial charge in [0.25, 0.3) is 0 Å². The lowest BCUT2D eigenvalue weighted by molar-refractivity contribution is -0.136. The van der Waals surface area contributed by atoms with Crippen LogP contribution in [0.25, 0.3) is 0 Å². The Hall–Kier alpha value is -2.02. The SMILES string of the molecule is Cc1cc(C2CCN(C(=O)C3CN(C(C)(C)C)C[C@H]3c3ccc(F)cc3F)CC2)c([C@H](C)O)cc1Cl. The van der Waals surface area contributed by atoms with Crippen molar-refractivity contribution < 1.29 is 18.7 Å². The van der Waals surface area contributed by atoms with Gasteiger partial charge in [-0.15, -0.1) is 0 Å². The van der Waals surface area contributed by atoms with Crippen LogP contribution in [-0.2, 0) is 4.79 Å². The third kappa shape index (κ3) is 5.46.